The Labute approximate surface area is 260 Å². The number of methoxy groups -OCH3 is 2. The number of phenolic OH excluding ortho intramolecular Hbond substituents is 1. The number of ether oxygens (including phenoxy) is 2. The number of aliphatic imine (C=N–C) groups is 1. The van der Waals surface area contributed by atoms with Gasteiger partial charge in [0.05, 0.1) is 19.4 Å². The Bertz CT molecular complexity index is 1680. The molecule has 1 N–H and O–H groups in total. The van der Waals surface area contributed by atoms with Gasteiger partial charge in [-0.15, -0.1) is 0 Å². The molecule has 0 aliphatic rings. The zero-order chi connectivity index (χ0) is 28.9. The summed E-state index contributed by atoms with van der Waals surface area (Å²) in [5.74, 6) is 1.43. The van der Waals surface area contributed by atoms with Gasteiger partial charge < -0.3 is 14.6 Å². The number of amides is 1. The third-order valence-corrected chi connectivity index (χ3v) is 10.1. The van der Waals surface area contributed by atoms with Crippen LogP contribution in [0.4, 0.5) is 0 Å². The number of carbonyl (C=O) groups is 1. The molecule has 3 aromatic carbocycles. The van der Waals surface area contributed by atoms with Crippen molar-refractivity contribution in [3.8, 4) is 38.4 Å². The van der Waals surface area contributed by atoms with Gasteiger partial charge in [-0.3, -0.25) is 4.79 Å². The van der Waals surface area contributed by atoms with Crippen molar-refractivity contribution in [2.45, 2.75) is 0 Å². The van der Waals surface area contributed by atoms with Gasteiger partial charge >= 0.3 is 0 Å². The maximum absolute atomic E-state index is 11.1. The van der Waals surface area contributed by atoms with Crippen LogP contribution < -0.4 is 9.47 Å². The largest absolute Gasteiger partial charge is 0.508 e. The summed E-state index contributed by atoms with van der Waals surface area (Å²) >= 11 is 14.2. The minimum Gasteiger partial charge on any atom is -0.508 e. The number of hydrogen-bond acceptors (Lipinski definition) is 13. The van der Waals surface area contributed by atoms with Crippen LogP contribution in [0.2, 0.25) is 0 Å². The molecule has 0 radical (unpaired) electrons. The number of aromatic hydroxyl groups is 1. The van der Waals surface area contributed by atoms with E-state index in [-0.39, 0.29) is 5.75 Å². The van der Waals surface area contributed by atoms with Crippen molar-refractivity contribution in [1.29, 1.82) is 0 Å². The Morgan fingerprint density at radius 2 is 1.18 bits per heavy atom. The van der Waals surface area contributed by atoms with E-state index in [0.717, 1.165) is 26.9 Å². The summed E-state index contributed by atoms with van der Waals surface area (Å²) in [6.07, 6.45) is 0. The topological polar surface area (TPSA) is 93.9 Å². The standard InChI is InChI=1S/C9H7NO2S.C9H7NOS3.C8H5NOS3/c1-12-8-4-2-7(3-5-8)9(11)10-6-13;1-11-7-4-2-6(3-5-7)8-10-9(12)14-13-8;10-6-3-1-5(2-4-6)7-9-8(11)13-12-7/h2-5H,1H3;2-5H,1H3;1-4,10H. The fourth-order valence-corrected chi connectivity index (χ4v) is 7.11. The van der Waals surface area contributed by atoms with E-state index < -0.39 is 5.91 Å². The summed E-state index contributed by atoms with van der Waals surface area (Å²) in [5, 5.41) is 13.0. The van der Waals surface area contributed by atoms with Crippen LogP contribution in [0.3, 0.4) is 0 Å². The number of carbonyl (C=O) groups excluding carboxylic acids is 1. The maximum Gasteiger partial charge on any atom is 0.285 e. The molecule has 14 heteroatoms. The summed E-state index contributed by atoms with van der Waals surface area (Å²) < 4.78 is 11.4. The molecular weight excluding hydrogens is 643 g/mol. The highest BCUT2D eigenvalue weighted by molar-refractivity contribution is 7.80. The molecule has 0 fully saturated rings. The van der Waals surface area contributed by atoms with Crippen LogP contribution in [0.5, 0.6) is 17.2 Å². The predicted octanol–water partition coefficient (Wildman–Crippen LogP) is 8.85. The second-order valence-corrected chi connectivity index (χ2v) is 12.9. The Kier molecular flexibility index (Phi) is 12.8. The van der Waals surface area contributed by atoms with Gasteiger partial charge in [-0.1, -0.05) is 20.7 Å². The zero-order valence-electron chi connectivity index (χ0n) is 20.8. The average Bonchev–Trinajstić information content (AvgIpc) is 3.62. The molecule has 0 aliphatic heterocycles. The third kappa shape index (κ3) is 9.84. The first kappa shape index (κ1) is 31.5. The second kappa shape index (κ2) is 16.3. The number of nitrogens with zero attached hydrogens (tertiary/aromatic N) is 3. The molecular formula is C26H19N3O4S7. The number of rotatable bonds is 5. The molecule has 5 aromatic rings. The van der Waals surface area contributed by atoms with E-state index in [2.05, 4.69) is 27.2 Å². The number of aromatic nitrogens is 2. The van der Waals surface area contributed by atoms with Gasteiger partial charge in [0.25, 0.3) is 5.91 Å². The van der Waals surface area contributed by atoms with Gasteiger partial charge in [0.15, 0.2) is 7.91 Å². The molecule has 0 unspecified atom stereocenters. The molecule has 0 aliphatic carbocycles. The van der Waals surface area contributed by atoms with Crippen LogP contribution in [0, 0.1) is 7.91 Å². The van der Waals surface area contributed by atoms with Crippen LogP contribution in [0.25, 0.3) is 21.1 Å². The normalized spacial score (nSPS) is 9.65. The lowest BCUT2D eigenvalue weighted by Gasteiger charge is -1.99. The lowest BCUT2D eigenvalue weighted by atomic mass is 10.2. The molecule has 1 amide bonds. The summed E-state index contributed by atoms with van der Waals surface area (Å²) in [5.41, 5.74) is 2.55. The van der Waals surface area contributed by atoms with Gasteiger partial charge in [0, 0.05) is 16.7 Å². The molecule has 0 saturated carbocycles. The van der Waals surface area contributed by atoms with Gasteiger partial charge in [-0.2, -0.15) is 4.99 Å². The SMILES string of the molecule is COc1ccc(-c2nc(=S)ss2)cc1.COc1ccc(C(=O)N=C=S)cc1.Oc1ccc(-c2nc(=S)ss2)cc1. The van der Waals surface area contributed by atoms with E-state index in [4.69, 9.17) is 39.0 Å². The Hall–Kier alpha value is -3.07. The monoisotopic (exact) mass is 661 g/mol. The highest BCUT2D eigenvalue weighted by Gasteiger charge is 2.03. The van der Waals surface area contributed by atoms with E-state index in [9.17, 15) is 4.79 Å². The van der Waals surface area contributed by atoms with E-state index in [0.29, 0.717) is 19.2 Å². The van der Waals surface area contributed by atoms with E-state index in [1.807, 2.05) is 41.6 Å². The fourth-order valence-electron chi connectivity index (χ4n) is 2.79. The third-order valence-electron chi connectivity index (χ3n) is 4.70. The molecule has 5 rings (SSSR count). The minimum absolute atomic E-state index is 0.266. The number of hydrogen-bond donors (Lipinski definition) is 1. The summed E-state index contributed by atoms with van der Waals surface area (Å²) in [7, 11) is 9.38. The highest BCUT2D eigenvalue weighted by Crippen LogP contribution is 2.28. The van der Waals surface area contributed by atoms with Gasteiger partial charge in [-0.05, 0) is 130 Å². The maximum atomic E-state index is 11.1. The molecule has 204 valence electrons. The van der Waals surface area contributed by atoms with Crippen LogP contribution in [0.1, 0.15) is 10.4 Å². The van der Waals surface area contributed by atoms with E-state index in [1.165, 1.54) is 20.7 Å². The molecule has 0 bridgehead atoms. The van der Waals surface area contributed by atoms with Crippen LogP contribution in [0.15, 0.2) is 77.8 Å². The zero-order valence-corrected chi connectivity index (χ0v) is 26.5. The first-order valence-corrected chi connectivity index (χ1v) is 16.5. The number of phenols is 1. The van der Waals surface area contributed by atoms with Crippen molar-refractivity contribution in [3.05, 3.63) is 86.3 Å². The fraction of sp³-hybridized carbons (Fsp3) is 0.0769. The molecule has 2 aromatic heterocycles. The highest BCUT2D eigenvalue weighted by atomic mass is 32.9. The Balaban J connectivity index is 0.000000166. The van der Waals surface area contributed by atoms with Crippen LogP contribution >= 0.6 is 78.0 Å². The van der Waals surface area contributed by atoms with Crippen molar-refractivity contribution >= 4 is 89.1 Å². The molecule has 0 saturated heterocycles. The van der Waals surface area contributed by atoms with Gasteiger partial charge in [0.2, 0.25) is 0 Å². The van der Waals surface area contributed by atoms with Crippen LogP contribution in [-0.4, -0.2) is 40.4 Å². The van der Waals surface area contributed by atoms with Crippen LogP contribution in [-0.2, 0) is 0 Å². The molecule has 7 nitrogen and oxygen atoms in total. The van der Waals surface area contributed by atoms with Crippen molar-refractivity contribution < 1.29 is 19.4 Å². The lowest BCUT2D eigenvalue weighted by molar-refractivity contribution is 0.100. The average molecular weight is 662 g/mol. The lowest BCUT2D eigenvalue weighted by Crippen LogP contribution is -1.93. The Morgan fingerprint density at radius 3 is 1.55 bits per heavy atom. The molecule has 0 spiro atoms. The van der Waals surface area contributed by atoms with Crippen molar-refractivity contribution in [1.82, 2.24) is 9.97 Å². The number of isothiocyanates is 1. The molecule has 0 atom stereocenters. The van der Waals surface area contributed by atoms with Crippen molar-refractivity contribution in [3.63, 3.8) is 0 Å². The summed E-state index contributed by atoms with van der Waals surface area (Å²) in [6.45, 7) is 0. The van der Waals surface area contributed by atoms with Crippen molar-refractivity contribution in [2.75, 3.05) is 14.2 Å². The first-order chi connectivity index (χ1) is 19.3. The summed E-state index contributed by atoms with van der Waals surface area (Å²) in [4.78, 5) is 22.9. The molecule has 2 heterocycles. The van der Waals surface area contributed by atoms with Gasteiger partial charge in [0.1, 0.15) is 27.3 Å². The minimum atomic E-state index is -0.391. The smallest absolute Gasteiger partial charge is 0.285 e. The first-order valence-electron chi connectivity index (χ1n) is 11.0. The summed E-state index contributed by atoms with van der Waals surface area (Å²) in [6, 6.07) is 21.4. The number of thiocarbonyl (C=S) groups is 1. The number of benzene rings is 3. The Morgan fingerprint density at radius 1 is 0.750 bits per heavy atom. The quantitative estimate of drug-likeness (QED) is 0.113. The van der Waals surface area contributed by atoms with Crippen molar-refractivity contribution in [2.24, 2.45) is 4.99 Å². The van der Waals surface area contributed by atoms with E-state index >= 15 is 0 Å². The molecule has 40 heavy (non-hydrogen) atoms. The second-order valence-electron chi connectivity index (χ2n) is 7.21. The van der Waals surface area contributed by atoms with E-state index in [1.54, 1.807) is 71.3 Å². The van der Waals surface area contributed by atoms with Gasteiger partial charge in [-0.25, -0.2) is 9.97 Å². The predicted molar refractivity (Wildman–Crippen MR) is 173 cm³/mol.